The highest BCUT2D eigenvalue weighted by molar-refractivity contribution is 7.99. The molecule has 0 aromatic heterocycles. The third-order valence-corrected chi connectivity index (χ3v) is 7.51. The fraction of sp³-hybridized carbons (Fsp3) is 0.500. The van der Waals surface area contributed by atoms with Crippen LogP contribution in [-0.4, -0.2) is 43.0 Å². The number of para-hydroxylation sites is 1. The van der Waals surface area contributed by atoms with Gasteiger partial charge in [0.2, 0.25) is 0 Å². The third-order valence-electron chi connectivity index (χ3n) is 6.38. The molecule has 0 bridgehead atoms. The molecule has 2 unspecified atom stereocenters. The molecule has 2 aromatic rings. The summed E-state index contributed by atoms with van der Waals surface area (Å²) in [5, 5.41) is 3.14. The van der Waals surface area contributed by atoms with Crippen LogP contribution in [0.15, 0.2) is 52.3 Å². The molecule has 4 rings (SSSR count). The molecule has 2 aliphatic rings. The molecule has 166 valence electrons. The van der Waals surface area contributed by atoms with E-state index in [1.165, 1.54) is 41.4 Å². The van der Waals surface area contributed by atoms with Crippen LogP contribution in [0.3, 0.4) is 0 Å². The van der Waals surface area contributed by atoms with Crippen LogP contribution in [0.2, 0.25) is 0 Å². The van der Waals surface area contributed by atoms with Gasteiger partial charge in [0.05, 0.1) is 11.4 Å². The normalized spacial score (nSPS) is 17.7. The zero-order valence-electron chi connectivity index (χ0n) is 19.1. The average molecular weight is 438 g/mol. The van der Waals surface area contributed by atoms with E-state index in [1.807, 2.05) is 6.07 Å². The Kier molecular flexibility index (Phi) is 7.24. The minimum absolute atomic E-state index is 0.0294. The fourth-order valence-corrected chi connectivity index (χ4v) is 5.84. The van der Waals surface area contributed by atoms with Crippen molar-refractivity contribution in [2.75, 3.05) is 31.1 Å². The van der Waals surface area contributed by atoms with Gasteiger partial charge in [0.15, 0.2) is 0 Å². The highest BCUT2D eigenvalue weighted by Gasteiger charge is 2.29. The van der Waals surface area contributed by atoms with Crippen molar-refractivity contribution in [2.45, 2.75) is 62.3 Å². The number of rotatable bonds is 8. The number of anilines is 2. The summed E-state index contributed by atoms with van der Waals surface area (Å²) in [6, 6.07) is 15.2. The summed E-state index contributed by atoms with van der Waals surface area (Å²) in [4.78, 5) is 20.4. The van der Waals surface area contributed by atoms with Crippen LogP contribution in [0, 0.1) is 5.92 Å². The largest absolute Gasteiger partial charge is 0.352 e. The minimum atomic E-state index is 0.0294. The molecule has 2 aromatic carbocycles. The van der Waals surface area contributed by atoms with Crippen molar-refractivity contribution >= 4 is 29.0 Å². The van der Waals surface area contributed by atoms with E-state index in [0.717, 1.165) is 37.2 Å². The van der Waals surface area contributed by atoms with Gasteiger partial charge in [-0.1, -0.05) is 44.2 Å². The number of hydrogen-bond acceptors (Lipinski definition) is 4. The molecule has 0 aliphatic carbocycles. The number of benzene rings is 2. The van der Waals surface area contributed by atoms with E-state index in [-0.39, 0.29) is 5.91 Å². The summed E-state index contributed by atoms with van der Waals surface area (Å²) in [5.41, 5.74) is 3.16. The Morgan fingerprint density at radius 2 is 1.81 bits per heavy atom. The topological polar surface area (TPSA) is 35.6 Å². The van der Waals surface area contributed by atoms with E-state index in [0.29, 0.717) is 12.0 Å². The van der Waals surface area contributed by atoms with Crippen LogP contribution in [-0.2, 0) is 0 Å². The standard InChI is InChI=1S/C26H35N3OS/c1-4-9-19(2)17-27-26(30)21-12-13-25-23(16-21)29(20(3)18-28-14-7-8-15-28)22-10-5-6-11-24(22)31-25/h5-6,10-13,16,19-20H,4,7-9,14-15,17-18H2,1-3H3,(H,27,30). The lowest BCUT2D eigenvalue weighted by Crippen LogP contribution is -2.40. The third kappa shape index (κ3) is 5.09. The zero-order valence-corrected chi connectivity index (χ0v) is 19.9. The van der Waals surface area contributed by atoms with Crippen LogP contribution in [0.5, 0.6) is 0 Å². The summed E-state index contributed by atoms with van der Waals surface area (Å²) in [6.07, 6.45) is 4.89. The predicted molar refractivity (Wildman–Crippen MR) is 131 cm³/mol. The first kappa shape index (κ1) is 22.2. The second-order valence-electron chi connectivity index (χ2n) is 9.08. The lowest BCUT2D eigenvalue weighted by molar-refractivity contribution is 0.0947. The summed E-state index contributed by atoms with van der Waals surface area (Å²) < 4.78 is 0. The Labute approximate surface area is 191 Å². The van der Waals surface area contributed by atoms with E-state index in [4.69, 9.17) is 0 Å². The molecule has 1 amide bonds. The number of hydrogen-bond donors (Lipinski definition) is 1. The number of carbonyl (C=O) groups is 1. The van der Waals surface area contributed by atoms with Gasteiger partial charge in [-0.15, -0.1) is 0 Å². The van der Waals surface area contributed by atoms with Gasteiger partial charge in [0.25, 0.3) is 5.91 Å². The van der Waals surface area contributed by atoms with Gasteiger partial charge < -0.3 is 15.1 Å². The zero-order chi connectivity index (χ0) is 21.8. The van der Waals surface area contributed by atoms with Crippen molar-refractivity contribution < 1.29 is 4.79 Å². The van der Waals surface area contributed by atoms with Crippen molar-refractivity contribution in [2.24, 2.45) is 5.92 Å². The molecule has 2 aliphatic heterocycles. The van der Waals surface area contributed by atoms with Crippen molar-refractivity contribution in [1.82, 2.24) is 10.2 Å². The molecule has 2 heterocycles. The molecule has 0 saturated carbocycles. The van der Waals surface area contributed by atoms with E-state index >= 15 is 0 Å². The molecule has 4 nitrogen and oxygen atoms in total. The second kappa shape index (κ2) is 10.1. The van der Waals surface area contributed by atoms with E-state index < -0.39 is 0 Å². The highest BCUT2D eigenvalue weighted by atomic mass is 32.2. The highest BCUT2D eigenvalue weighted by Crippen LogP contribution is 2.49. The van der Waals surface area contributed by atoms with Crippen molar-refractivity contribution in [1.29, 1.82) is 0 Å². The lowest BCUT2D eigenvalue weighted by atomic mass is 10.1. The molecular weight excluding hydrogens is 402 g/mol. The molecule has 0 spiro atoms. The molecular formula is C26H35N3OS. The van der Waals surface area contributed by atoms with Gasteiger partial charge in [-0.25, -0.2) is 0 Å². The van der Waals surface area contributed by atoms with Crippen LogP contribution >= 0.6 is 11.8 Å². The first-order chi connectivity index (χ1) is 15.1. The molecule has 1 saturated heterocycles. The van der Waals surface area contributed by atoms with Gasteiger partial charge in [0.1, 0.15) is 0 Å². The Morgan fingerprint density at radius 3 is 2.58 bits per heavy atom. The molecule has 2 atom stereocenters. The van der Waals surface area contributed by atoms with E-state index in [1.54, 1.807) is 11.8 Å². The van der Waals surface area contributed by atoms with Crippen molar-refractivity contribution in [3.8, 4) is 0 Å². The lowest BCUT2D eigenvalue weighted by Gasteiger charge is -2.39. The van der Waals surface area contributed by atoms with E-state index in [2.05, 4.69) is 72.3 Å². The number of likely N-dealkylation sites (tertiary alicyclic amines) is 1. The first-order valence-electron chi connectivity index (χ1n) is 11.8. The summed E-state index contributed by atoms with van der Waals surface area (Å²) in [6.45, 7) is 10.9. The van der Waals surface area contributed by atoms with Gasteiger partial charge in [0, 0.05) is 34.5 Å². The first-order valence-corrected chi connectivity index (χ1v) is 12.6. The van der Waals surface area contributed by atoms with Crippen LogP contribution < -0.4 is 10.2 Å². The monoisotopic (exact) mass is 437 g/mol. The van der Waals surface area contributed by atoms with Gasteiger partial charge >= 0.3 is 0 Å². The van der Waals surface area contributed by atoms with Crippen LogP contribution in [0.25, 0.3) is 0 Å². The SMILES string of the molecule is CCCC(C)CNC(=O)c1ccc2c(c1)N(C(C)CN1CCCC1)c1ccccc1S2. The molecule has 1 fully saturated rings. The quantitative estimate of drug-likeness (QED) is 0.554. The number of fused-ring (bicyclic) bond motifs is 2. The Balaban J connectivity index is 1.60. The number of amides is 1. The van der Waals surface area contributed by atoms with Crippen molar-refractivity contribution in [3.63, 3.8) is 0 Å². The Hall–Kier alpha value is -1.98. The Morgan fingerprint density at radius 1 is 1.06 bits per heavy atom. The molecule has 31 heavy (non-hydrogen) atoms. The fourth-order valence-electron chi connectivity index (χ4n) is 4.78. The number of nitrogens with one attached hydrogen (secondary N) is 1. The molecule has 1 N–H and O–H groups in total. The summed E-state index contributed by atoms with van der Waals surface area (Å²) >= 11 is 1.80. The summed E-state index contributed by atoms with van der Waals surface area (Å²) in [5.74, 6) is 0.535. The minimum Gasteiger partial charge on any atom is -0.352 e. The van der Waals surface area contributed by atoms with Crippen molar-refractivity contribution in [3.05, 3.63) is 48.0 Å². The van der Waals surface area contributed by atoms with Crippen LogP contribution in [0.4, 0.5) is 11.4 Å². The smallest absolute Gasteiger partial charge is 0.251 e. The maximum absolute atomic E-state index is 12.9. The van der Waals surface area contributed by atoms with Crippen LogP contribution in [0.1, 0.15) is 56.8 Å². The molecule has 0 radical (unpaired) electrons. The van der Waals surface area contributed by atoms with E-state index in [9.17, 15) is 4.79 Å². The number of carbonyl (C=O) groups excluding carboxylic acids is 1. The van der Waals surface area contributed by atoms with Gasteiger partial charge in [-0.05, 0) is 75.5 Å². The molecule has 5 heteroatoms. The average Bonchev–Trinajstić information content (AvgIpc) is 3.28. The van der Waals surface area contributed by atoms with Gasteiger partial charge in [-0.2, -0.15) is 0 Å². The maximum atomic E-state index is 12.9. The second-order valence-corrected chi connectivity index (χ2v) is 10.2. The van der Waals surface area contributed by atoms with Gasteiger partial charge in [-0.3, -0.25) is 4.79 Å². The Bertz CT molecular complexity index is 909. The number of nitrogens with zero attached hydrogens (tertiary/aromatic N) is 2. The maximum Gasteiger partial charge on any atom is 0.251 e. The summed E-state index contributed by atoms with van der Waals surface area (Å²) in [7, 11) is 0. The predicted octanol–water partition coefficient (Wildman–Crippen LogP) is 5.94.